The van der Waals surface area contributed by atoms with Crippen LogP contribution in [0.4, 0.5) is 5.82 Å². The Labute approximate surface area is 162 Å². The zero-order valence-corrected chi connectivity index (χ0v) is 16.0. The van der Waals surface area contributed by atoms with Crippen LogP contribution in [0, 0.1) is 5.92 Å². The molecular weight excluding hydrogens is 334 g/mol. The smallest absolute Gasteiger partial charge is 0.254 e. The molecule has 4 nitrogen and oxygen atoms in total. The maximum atomic E-state index is 12.8. The molecule has 2 saturated heterocycles. The molecule has 0 atom stereocenters. The summed E-state index contributed by atoms with van der Waals surface area (Å²) in [5.41, 5.74) is 2.22. The maximum Gasteiger partial charge on any atom is 0.254 e. The molecule has 0 bridgehead atoms. The molecule has 0 radical (unpaired) electrons. The summed E-state index contributed by atoms with van der Waals surface area (Å²) in [6.07, 6.45) is 8.81. The third-order valence-corrected chi connectivity index (χ3v) is 5.94. The van der Waals surface area contributed by atoms with E-state index in [0.29, 0.717) is 0 Å². The number of rotatable bonds is 4. The Morgan fingerprint density at radius 2 is 1.70 bits per heavy atom. The summed E-state index contributed by atoms with van der Waals surface area (Å²) in [5.74, 6) is 1.86. The fourth-order valence-electron chi connectivity index (χ4n) is 4.32. The summed E-state index contributed by atoms with van der Waals surface area (Å²) in [5, 5.41) is 0. The molecule has 1 amide bonds. The molecule has 0 saturated carbocycles. The summed E-state index contributed by atoms with van der Waals surface area (Å²) in [6, 6.07) is 14.6. The quantitative estimate of drug-likeness (QED) is 0.818. The molecule has 3 heterocycles. The van der Waals surface area contributed by atoms with E-state index < -0.39 is 0 Å². The second-order valence-electron chi connectivity index (χ2n) is 7.88. The molecule has 2 aliphatic rings. The van der Waals surface area contributed by atoms with Crippen LogP contribution in [-0.2, 0) is 6.42 Å². The van der Waals surface area contributed by atoms with Gasteiger partial charge >= 0.3 is 0 Å². The van der Waals surface area contributed by atoms with Crippen LogP contribution in [0.3, 0.4) is 0 Å². The Bertz CT molecular complexity index is 747. The summed E-state index contributed by atoms with van der Waals surface area (Å²) < 4.78 is 0. The Morgan fingerprint density at radius 1 is 0.963 bits per heavy atom. The minimum absolute atomic E-state index is 0.164. The van der Waals surface area contributed by atoms with Gasteiger partial charge in [-0.1, -0.05) is 30.3 Å². The van der Waals surface area contributed by atoms with E-state index in [2.05, 4.69) is 40.2 Å². The van der Waals surface area contributed by atoms with Gasteiger partial charge < -0.3 is 9.80 Å². The predicted molar refractivity (Wildman–Crippen MR) is 109 cm³/mol. The van der Waals surface area contributed by atoms with Crippen molar-refractivity contribution in [3.63, 3.8) is 0 Å². The maximum absolute atomic E-state index is 12.8. The number of likely N-dealkylation sites (tertiary alicyclic amines) is 1. The first-order valence-electron chi connectivity index (χ1n) is 10.3. The van der Waals surface area contributed by atoms with Crippen molar-refractivity contribution in [2.24, 2.45) is 5.92 Å². The van der Waals surface area contributed by atoms with E-state index in [1.165, 1.54) is 24.8 Å². The third-order valence-electron chi connectivity index (χ3n) is 5.94. The largest absolute Gasteiger partial charge is 0.357 e. The lowest BCUT2D eigenvalue weighted by atomic mass is 9.90. The summed E-state index contributed by atoms with van der Waals surface area (Å²) in [7, 11) is 0. The molecule has 1 aromatic heterocycles. The van der Waals surface area contributed by atoms with Gasteiger partial charge in [-0.2, -0.15) is 0 Å². The molecule has 2 fully saturated rings. The van der Waals surface area contributed by atoms with E-state index in [0.717, 1.165) is 62.7 Å². The highest BCUT2D eigenvalue weighted by Crippen LogP contribution is 2.25. The molecule has 0 unspecified atom stereocenters. The lowest BCUT2D eigenvalue weighted by molar-refractivity contribution is 0.0724. The number of aromatic nitrogens is 1. The van der Waals surface area contributed by atoms with Crippen molar-refractivity contribution in [3.05, 3.63) is 59.8 Å². The molecule has 4 heteroatoms. The second-order valence-corrected chi connectivity index (χ2v) is 7.88. The number of nitrogens with zero attached hydrogens (tertiary/aromatic N) is 3. The highest BCUT2D eigenvalue weighted by atomic mass is 16.2. The first kappa shape index (κ1) is 18.0. The van der Waals surface area contributed by atoms with Crippen LogP contribution >= 0.6 is 0 Å². The highest BCUT2D eigenvalue weighted by Gasteiger charge is 2.22. The number of amides is 1. The molecule has 0 aliphatic carbocycles. The van der Waals surface area contributed by atoms with Crippen LogP contribution in [-0.4, -0.2) is 42.0 Å². The first-order chi connectivity index (χ1) is 13.3. The first-order valence-corrected chi connectivity index (χ1v) is 10.3. The Morgan fingerprint density at radius 3 is 2.44 bits per heavy atom. The standard InChI is InChI=1S/C23H29N3O/c27-23(26-13-5-2-6-14-26)21-9-12-24-22(18-21)25-15-10-20(11-16-25)17-19-7-3-1-4-8-19/h1,3-4,7-9,12,18,20H,2,5-6,10-11,13-17H2. The van der Waals surface area contributed by atoms with Crippen molar-refractivity contribution in [2.75, 3.05) is 31.1 Å². The van der Waals surface area contributed by atoms with Gasteiger partial charge in [0.2, 0.25) is 0 Å². The van der Waals surface area contributed by atoms with Gasteiger partial charge in [0.05, 0.1) is 0 Å². The zero-order chi connectivity index (χ0) is 18.5. The summed E-state index contributed by atoms with van der Waals surface area (Å²) in [6.45, 7) is 3.82. The summed E-state index contributed by atoms with van der Waals surface area (Å²) >= 11 is 0. The molecule has 4 rings (SSSR count). The van der Waals surface area contributed by atoms with Crippen LogP contribution in [0.2, 0.25) is 0 Å². The Kier molecular flexibility index (Phi) is 5.71. The topological polar surface area (TPSA) is 36.4 Å². The molecule has 142 valence electrons. The number of benzene rings is 1. The van der Waals surface area contributed by atoms with E-state index in [-0.39, 0.29) is 5.91 Å². The van der Waals surface area contributed by atoms with E-state index in [1.807, 2.05) is 17.0 Å². The van der Waals surface area contributed by atoms with Gasteiger partial charge in [0, 0.05) is 37.9 Å². The minimum atomic E-state index is 0.164. The molecule has 0 spiro atoms. The normalized spacial score (nSPS) is 18.5. The van der Waals surface area contributed by atoms with Crippen molar-refractivity contribution in [3.8, 4) is 0 Å². The van der Waals surface area contributed by atoms with E-state index in [4.69, 9.17) is 0 Å². The predicted octanol–water partition coefficient (Wildman–Crippen LogP) is 4.17. The Balaban J connectivity index is 1.36. The van der Waals surface area contributed by atoms with Gasteiger partial charge in [-0.25, -0.2) is 4.98 Å². The monoisotopic (exact) mass is 363 g/mol. The number of hydrogen-bond donors (Lipinski definition) is 0. The molecule has 1 aromatic carbocycles. The number of piperidine rings is 2. The van der Waals surface area contributed by atoms with Crippen molar-refractivity contribution < 1.29 is 4.79 Å². The molecular formula is C23H29N3O. The van der Waals surface area contributed by atoms with E-state index in [1.54, 1.807) is 6.20 Å². The molecule has 2 aliphatic heterocycles. The van der Waals surface area contributed by atoms with Crippen LogP contribution in [0.25, 0.3) is 0 Å². The van der Waals surface area contributed by atoms with Crippen molar-refractivity contribution >= 4 is 11.7 Å². The molecule has 27 heavy (non-hydrogen) atoms. The lowest BCUT2D eigenvalue weighted by Crippen LogP contribution is -2.36. The molecule has 0 N–H and O–H groups in total. The average Bonchev–Trinajstić information content (AvgIpc) is 2.75. The van der Waals surface area contributed by atoms with Crippen LogP contribution in [0.15, 0.2) is 48.7 Å². The van der Waals surface area contributed by atoms with Crippen LogP contribution in [0.1, 0.15) is 48.0 Å². The van der Waals surface area contributed by atoms with Crippen molar-refractivity contribution in [1.82, 2.24) is 9.88 Å². The van der Waals surface area contributed by atoms with Crippen LogP contribution < -0.4 is 4.90 Å². The van der Waals surface area contributed by atoms with Gasteiger partial charge in [-0.3, -0.25) is 4.79 Å². The van der Waals surface area contributed by atoms with Gasteiger partial charge in [0.15, 0.2) is 0 Å². The number of carbonyl (C=O) groups excluding carboxylic acids is 1. The fourth-order valence-corrected chi connectivity index (χ4v) is 4.32. The fraction of sp³-hybridized carbons (Fsp3) is 0.478. The summed E-state index contributed by atoms with van der Waals surface area (Å²) in [4.78, 5) is 21.7. The third kappa shape index (κ3) is 4.49. The van der Waals surface area contributed by atoms with Gasteiger partial charge in [-0.15, -0.1) is 0 Å². The number of anilines is 1. The zero-order valence-electron chi connectivity index (χ0n) is 16.0. The number of carbonyl (C=O) groups is 1. The minimum Gasteiger partial charge on any atom is -0.357 e. The van der Waals surface area contributed by atoms with Crippen LogP contribution in [0.5, 0.6) is 0 Å². The second kappa shape index (κ2) is 8.55. The number of hydrogen-bond acceptors (Lipinski definition) is 3. The van der Waals surface area contributed by atoms with Gasteiger partial charge in [-0.05, 0) is 62.1 Å². The van der Waals surface area contributed by atoms with Gasteiger partial charge in [0.25, 0.3) is 5.91 Å². The lowest BCUT2D eigenvalue weighted by Gasteiger charge is -2.33. The van der Waals surface area contributed by atoms with E-state index in [9.17, 15) is 4.79 Å². The van der Waals surface area contributed by atoms with E-state index >= 15 is 0 Å². The average molecular weight is 364 g/mol. The molecule has 2 aromatic rings. The SMILES string of the molecule is O=C(c1ccnc(N2CCC(Cc3ccccc3)CC2)c1)N1CCCCC1. The van der Waals surface area contributed by atoms with Gasteiger partial charge in [0.1, 0.15) is 5.82 Å². The Hall–Kier alpha value is -2.36. The van der Waals surface area contributed by atoms with Crippen molar-refractivity contribution in [1.29, 1.82) is 0 Å². The number of pyridine rings is 1. The van der Waals surface area contributed by atoms with Crippen molar-refractivity contribution in [2.45, 2.75) is 38.5 Å². The highest BCUT2D eigenvalue weighted by molar-refractivity contribution is 5.94.